The number of hydrogen-bond donors (Lipinski definition) is 5. The van der Waals surface area contributed by atoms with E-state index in [4.69, 9.17) is 18.9 Å². The van der Waals surface area contributed by atoms with Gasteiger partial charge in [-0.2, -0.15) is 0 Å². The lowest BCUT2D eigenvalue weighted by molar-refractivity contribution is -0.190. The summed E-state index contributed by atoms with van der Waals surface area (Å²) in [4.78, 5) is 40.8. The number of phenols is 2. The Bertz CT molecular complexity index is 1540. The number of benzene rings is 2. The van der Waals surface area contributed by atoms with Crippen LogP contribution >= 0.6 is 0 Å². The number of aromatic hydroxyl groups is 2. The van der Waals surface area contributed by atoms with Gasteiger partial charge in [0.15, 0.2) is 12.1 Å². The maximum absolute atomic E-state index is 13.2. The molecule has 7 rings (SSSR count). The van der Waals surface area contributed by atoms with Gasteiger partial charge in [-0.1, -0.05) is 12.1 Å². The molecule has 13 nitrogen and oxygen atoms in total. The number of carbonyl (C=O) groups excluding carboxylic acids is 3. The van der Waals surface area contributed by atoms with Crippen LogP contribution in [0, 0.1) is 5.92 Å². The van der Waals surface area contributed by atoms with Crippen LogP contribution < -0.4 is 15.4 Å². The van der Waals surface area contributed by atoms with Crippen LogP contribution in [0.4, 0.5) is 0 Å². The monoisotopic (exact) mass is 697 g/mol. The molecule has 0 spiro atoms. The van der Waals surface area contributed by atoms with E-state index < -0.39 is 17.7 Å². The van der Waals surface area contributed by atoms with Crippen LogP contribution in [0.15, 0.2) is 18.2 Å². The Kier molecular flexibility index (Phi) is 12.9. The fourth-order valence-electron chi connectivity index (χ4n) is 7.41. The average Bonchev–Trinajstić information content (AvgIpc) is 3.74. The number of ketones is 2. The van der Waals surface area contributed by atoms with Crippen molar-refractivity contribution in [3.8, 4) is 17.2 Å². The molecule has 3 aliphatic heterocycles. The lowest BCUT2D eigenvalue weighted by atomic mass is 9.75. The van der Waals surface area contributed by atoms with Crippen LogP contribution in [-0.4, -0.2) is 122 Å². The molecule has 2 aromatic rings. The zero-order valence-corrected chi connectivity index (χ0v) is 29.5. The molecule has 3 fully saturated rings. The van der Waals surface area contributed by atoms with Gasteiger partial charge in [-0.25, -0.2) is 0 Å². The van der Waals surface area contributed by atoms with Crippen LogP contribution in [0.3, 0.4) is 0 Å². The Labute approximate surface area is 293 Å². The molecular formula is C37H51N3O10. The molecule has 1 amide bonds. The fraction of sp³-hybridized carbons (Fsp3) is 0.595. The molecule has 5 atom stereocenters. The van der Waals surface area contributed by atoms with Crippen molar-refractivity contribution in [1.29, 1.82) is 0 Å². The van der Waals surface area contributed by atoms with E-state index >= 15 is 0 Å². The minimum atomic E-state index is -0.562. The zero-order chi connectivity index (χ0) is 35.9. The summed E-state index contributed by atoms with van der Waals surface area (Å²) in [6.45, 7) is 9.71. The van der Waals surface area contributed by atoms with E-state index in [1.54, 1.807) is 19.2 Å². The summed E-state index contributed by atoms with van der Waals surface area (Å²) in [5.41, 5.74) is 0.576. The highest BCUT2D eigenvalue weighted by atomic mass is 16.7. The number of hydrogen-bond acceptors (Lipinski definition) is 12. The van der Waals surface area contributed by atoms with Crippen LogP contribution in [0.25, 0.3) is 0 Å². The maximum atomic E-state index is 13.2. The van der Waals surface area contributed by atoms with Gasteiger partial charge in [0.1, 0.15) is 17.2 Å². The summed E-state index contributed by atoms with van der Waals surface area (Å²) in [6, 6.07) is 4.83. The van der Waals surface area contributed by atoms with Crippen molar-refractivity contribution in [2.75, 3.05) is 60.2 Å². The Hall–Kier alpha value is -3.59. The van der Waals surface area contributed by atoms with E-state index in [0.717, 1.165) is 26.1 Å². The Morgan fingerprint density at radius 3 is 2.38 bits per heavy atom. The van der Waals surface area contributed by atoms with Gasteiger partial charge in [0.05, 0.1) is 42.6 Å². The second-order valence-electron chi connectivity index (χ2n) is 13.2. The number of rotatable bonds is 5. The van der Waals surface area contributed by atoms with Crippen molar-refractivity contribution in [1.82, 2.24) is 15.5 Å². The number of aliphatic hydroxyl groups is 1. The first kappa shape index (κ1) is 37.7. The third-order valence-electron chi connectivity index (χ3n) is 10.2. The lowest BCUT2D eigenvalue weighted by Gasteiger charge is -2.43. The predicted molar refractivity (Wildman–Crippen MR) is 184 cm³/mol. The fourth-order valence-corrected chi connectivity index (χ4v) is 7.41. The van der Waals surface area contributed by atoms with Crippen molar-refractivity contribution in [3.63, 3.8) is 0 Å². The van der Waals surface area contributed by atoms with E-state index in [1.165, 1.54) is 39.1 Å². The second-order valence-corrected chi connectivity index (χ2v) is 13.2. The molecule has 0 aromatic heterocycles. The topological polar surface area (TPSA) is 176 Å². The van der Waals surface area contributed by atoms with Crippen LogP contribution in [0.2, 0.25) is 0 Å². The van der Waals surface area contributed by atoms with Crippen LogP contribution in [-0.2, 0) is 31.8 Å². The summed E-state index contributed by atoms with van der Waals surface area (Å²) >= 11 is 0. The number of aliphatic hydroxyl groups excluding tert-OH is 1. The molecule has 5 N–H and O–H groups in total. The van der Waals surface area contributed by atoms with Crippen molar-refractivity contribution in [2.24, 2.45) is 5.92 Å². The molecule has 13 heteroatoms. The highest BCUT2D eigenvalue weighted by molar-refractivity contribution is 6.31. The Morgan fingerprint density at radius 1 is 1.00 bits per heavy atom. The first-order valence-corrected chi connectivity index (χ1v) is 17.6. The Morgan fingerprint density at radius 2 is 1.72 bits per heavy atom. The number of nitrogens with one attached hydrogen (secondary N) is 2. The van der Waals surface area contributed by atoms with Crippen molar-refractivity contribution in [2.45, 2.75) is 76.9 Å². The summed E-state index contributed by atoms with van der Waals surface area (Å²) in [6.07, 6.45) is 3.99. The maximum Gasteiger partial charge on any atom is 0.223 e. The molecule has 0 radical (unpaired) electrons. The minimum Gasteiger partial charge on any atom is -0.507 e. The van der Waals surface area contributed by atoms with Gasteiger partial charge in [-0.3, -0.25) is 19.3 Å². The molecule has 50 heavy (non-hydrogen) atoms. The summed E-state index contributed by atoms with van der Waals surface area (Å²) in [5, 5.41) is 37.9. The summed E-state index contributed by atoms with van der Waals surface area (Å²) in [5.74, 6) is -2.00. The molecule has 0 bridgehead atoms. The highest BCUT2D eigenvalue weighted by Crippen LogP contribution is 2.47. The first-order chi connectivity index (χ1) is 24.1. The molecule has 0 saturated carbocycles. The quantitative estimate of drug-likeness (QED) is 0.247. The molecule has 2 aliphatic carbocycles. The molecule has 5 aliphatic rings. The number of carbonyl (C=O) groups is 3. The van der Waals surface area contributed by atoms with Crippen LogP contribution in [0.1, 0.15) is 82.5 Å². The third-order valence-corrected chi connectivity index (χ3v) is 10.2. The first-order valence-electron chi connectivity index (χ1n) is 17.6. The van der Waals surface area contributed by atoms with Gasteiger partial charge in [0.25, 0.3) is 0 Å². The van der Waals surface area contributed by atoms with Gasteiger partial charge >= 0.3 is 0 Å². The predicted octanol–water partition coefficient (Wildman–Crippen LogP) is 2.32. The van der Waals surface area contributed by atoms with Gasteiger partial charge < -0.3 is 44.9 Å². The number of ether oxygens (including phenoxy) is 4. The van der Waals surface area contributed by atoms with Gasteiger partial charge in [-0.15, -0.1) is 0 Å². The summed E-state index contributed by atoms with van der Waals surface area (Å²) in [7, 11) is 3.05. The number of amides is 1. The minimum absolute atomic E-state index is 0.0809. The number of morpholine rings is 1. The smallest absolute Gasteiger partial charge is 0.223 e. The molecule has 3 saturated heterocycles. The zero-order valence-electron chi connectivity index (χ0n) is 29.5. The number of nitrogens with zero attached hydrogens (tertiary/aromatic N) is 1. The standard InChI is InChI=1S/C22H21NO6.C11H21NO4.C4H9N/c1-3-23-22(28)10-7-8-11-13(9-10)20(26)16-17(18(11)24)21(27)15-12(19(16)25)5-4-6-14(15)29-2;1-8-11(13)9(3-5-15-8)12-4-6-16-10(7-12)14-2;1-2-4-5-3-1/h4-6,10,24,26H,3,7-9H2,1-2H3,(H,23,28);8-11,13H,3-7H2,1-2H3;5H,1-4H2. The largest absolute Gasteiger partial charge is 0.507 e. The van der Waals surface area contributed by atoms with E-state index in [2.05, 4.69) is 15.5 Å². The van der Waals surface area contributed by atoms with Crippen molar-refractivity contribution in [3.05, 3.63) is 51.6 Å². The van der Waals surface area contributed by atoms with Gasteiger partial charge in [-0.05, 0) is 71.5 Å². The number of phenolic OH excluding ortho intramolecular Hbond substituents is 2. The lowest BCUT2D eigenvalue weighted by Crippen LogP contribution is -2.57. The van der Waals surface area contributed by atoms with E-state index in [1.807, 2.05) is 13.8 Å². The van der Waals surface area contributed by atoms with Crippen LogP contribution in [0.5, 0.6) is 17.2 Å². The number of methoxy groups -OCH3 is 2. The normalized spacial score (nSPS) is 25.9. The molecule has 2 aromatic carbocycles. The number of fused-ring (bicyclic) bond motifs is 3. The second kappa shape index (κ2) is 17.1. The van der Waals surface area contributed by atoms with Crippen molar-refractivity contribution < 1.29 is 48.7 Å². The average molecular weight is 698 g/mol. The molecule has 3 heterocycles. The third kappa shape index (κ3) is 7.83. The SMILES string of the molecule is C1CCNC1.CCNC(=O)C1CCc2c(O)c3c(c(O)c2C1)C(=O)c1cccc(OC)c1C3=O.COC1CN(C2CCOC(C)C2O)CCO1. The Balaban J connectivity index is 0.000000192. The molecule has 5 unspecified atom stereocenters. The van der Waals surface area contributed by atoms with Gasteiger partial charge in [0.2, 0.25) is 11.7 Å². The van der Waals surface area contributed by atoms with Gasteiger partial charge in [0, 0.05) is 62.0 Å². The van der Waals surface area contributed by atoms with E-state index in [-0.39, 0.29) is 76.2 Å². The molecular weight excluding hydrogens is 646 g/mol. The van der Waals surface area contributed by atoms with Crippen molar-refractivity contribution >= 4 is 17.5 Å². The van der Waals surface area contributed by atoms with E-state index in [0.29, 0.717) is 37.1 Å². The summed E-state index contributed by atoms with van der Waals surface area (Å²) < 4.78 is 21.3. The highest BCUT2D eigenvalue weighted by Gasteiger charge is 2.41. The van der Waals surface area contributed by atoms with E-state index in [9.17, 15) is 29.7 Å². The molecule has 274 valence electrons.